The number of hydrogen-bond acceptors (Lipinski definition) is 5. The summed E-state index contributed by atoms with van der Waals surface area (Å²) in [4.78, 5) is 32.3. The van der Waals surface area contributed by atoms with E-state index in [9.17, 15) is 18.4 Å². The molecule has 42 heavy (non-hydrogen) atoms. The first-order valence-corrected chi connectivity index (χ1v) is 14.3. The number of amides is 3. The van der Waals surface area contributed by atoms with E-state index in [0.29, 0.717) is 56.7 Å². The topological polar surface area (TPSA) is 97.7 Å². The molecule has 3 amide bonds. The van der Waals surface area contributed by atoms with Gasteiger partial charge in [-0.1, -0.05) is 30.3 Å². The molecule has 0 bridgehead atoms. The number of para-hydroxylation sites is 1. The maximum atomic E-state index is 14.9. The molecule has 2 N–H and O–H groups in total. The number of rotatable bonds is 4. The number of piperidine rings is 1. The van der Waals surface area contributed by atoms with Crippen molar-refractivity contribution in [2.75, 3.05) is 25.5 Å². The second-order valence-corrected chi connectivity index (χ2v) is 11.8. The van der Waals surface area contributed by atoms with Gasteiger partial charge in [0.15, 0.2) is 11.6 Å². The predicted molar refractivity (Wildman–Crippen MR) is 151 cm³/mol. The fourth-order valence-corrected chi connectivity index (χ4v) is 6.52. The van der Waals surface area contributed by atoms with E-state index in [1.54, 1.807) is 24.3 Å². The summed E-state index contributed by atoms with van der Waals surface area (Å²) < 4.78 is 42.6. The molecule has 1 aromatic heterocycles. The van der Waals surface area contributed by atoms with Crippen molar-refractivity contribution in [2.24, 2.45) is 0 Å². The van der Waals surface area contributed by atoms with E-state index in [1.165, 1.54) is 6.07 Å². The first-order chi connectivity index (χ1) is 20.1. The zero-order valence-electron chi connectivity index (χ0n) is 24.0. The highest BCUT2D eigenvalue weighted by atomic mass is 19.2. The number of methoxy groups -OCH3 is 1. The number of aromatic nitrogens is 2. The van der Waals surface area contributed by atoms with Gasteiger partial charge in [-0.3, -0.25) is 5.32 Å². The van der Waals surface area contributed by atoms with Crippen molar-refractivity contribution in [1.82, 2.24) is 19.8 Å². The lowest BCUT2D eigenvalue weighted by Gasteiger charge is -2.44. The summed E-state index contributed by atoms with van der Waals surface area (Å²) in [5, 5.41) is 5.92. The molecule has 3 aromatic rings. The number of urea groups is 1. The third-order valence-corrected chi connectivity index (χ3v) is 9.05. The highest BCUT2D eigenvalue weighted by molar-refractivity contribution is 5.89. The van der Waals surface area contributed by atoms with Crippen LogP contribution in [0.4, 0.5) is 24.1 Å². The van der Waals surface area contributed by atoms with Crippen molar-refractivity contribution in [2.45, 2.75) is 69.2 Å². The smallest absolute Gasteiger partial charge is 0.412 e. The highest BCUT2D eigenvalue weighted by Gasteiger charge is 2.45. The summed E-state index contributed by atoms with van der Waals surface area (Å²) in [7, 11) is 1.61. The summed E-state index contributed by atoms with van der Waals surface area (Å²) in [6.07, 6.45) is 3.19. The van der Waals surface area contributed by atoms with Gasteiger partial charge in [0.05, 0.1) is 23.6 Å². The van der Waals surface area contributed by atoms with E-state index in [2.05, 4.69) is 10.6 Å². The number of benzene rings is 2. The summed E-state index contributed by atoms with van der Waals surface area (Å²) in [5.74, 6) is -1.40. The van der Waals surface area contributed by atoms with Crippen LogP contribution in [0.15, 0.2) is 48.7 Å². The summed E-state index contributed by atoms with van der Waals surface area (Å²) in [6, 6.07) is 11.1. The molecule has 1 spiro atoms. The monoisotopic (exact) mass is 579 g/mol. The van der Waals surface area contributed by atoms with Crippen molar-refractivity contribution in [3.05, 3.63) is 82.9 Å². The van der Waals surface area contributed by atoms with Gasteiger partial charge in [0.2, 0.25) is 0 Å². The molecule has 1 fully saturated rings. The van der Waals surface area contributed by atoms with Crippen LogP contribution in [0, 0.1) is 11.6 Å². The van der Waals surface area contributed by atoms with E-state index < -0.39 is 35.0 Å². The van der Waals surface area contributed by atoms with E-state index in [0.717, 1.165) is 23.0 Å². The predicted octanol–water partition coefficient (Wildman–Crippen LogP) is 5.92. The summed E-state index contributed by atoms with van der Waals surface area (Å²) in [6.45, 7) is 5.00. The van der Waals surface area contributed by atoms with E-state index in [4.69, 9.17) is 14.5 Å². The van der Waals surface area contributed by atoms with Gasteiger partial charge >= 0.3 is 12.1 Å². The summed E-state index contributed by atoms with van der Waals surface area (Å²) >= 11 is 0. The Kier molecular flexibility index (Phi) is 7.16. The number of carbonyl (C=O) groups excluding carboxylic acids is 2. The average molecular weight is 580 g/mol. The van der Waals surface area contributed by atoms with Crippen LogP contribution in [0.3, 0.4) is 0 Å². The minimum absolute atomic E-state index is 0.249. The fraction of sp³-hybridized carbons (Fsp3) is 0.452. The van der Waals surface area contributed by atoms with Crippen LogP contribution in [0.2, 0.25) is 0 Å². The molecule has 11 heteroatoms. The lowest BCUT2D eigenvalue weighted by Crippen LogP contribution is -2.52. The number of nitrogens with zero attached hydrogens (tertiary/aromatic N) is 3. The van der Waals surface area contributed by atoms with E-state index in [1.807, 2.05) is 42.7 Å². The standard InChI is InChI=1S/C31H35F2N5O4/c1-30(2,41-3)25-17-34-27-24(12-11-19(18-38(25)27)20-7-6-9-22(32)26(20)33)35-28(39)37-15-13-31(14-16-37)21-8-4-5-10-23(21)36-29(40)42-31/h4-10,17,19,24H,11-16,18H2,1-3H3,(H,35,39)(H,36,40)/t19-,24-/m1/s1. The fourth-order valence-electron chi connectivity index (χ4n) is 6.52. The lowest BCUT2D eigenvalue weighted by molar-refractivity contribution is -0.0304. The number of imidazole rings is 1. The number of anilines is 1. The van der Waals surface area contributed by atoms with Crippen molar-refractivity contribution in [1.29, 1.82) is 0 Å². The molecule has 2 aromatic carbocycles. The highest BCUT2D eigenvalue weighted by Crippen LogP contribution is 2.44. The number of hydrogen-bond donors (Lipinski definition) is 2. The molecular weight excluding hydrogens is 544 g/mol. The van der Waals surface area contributed by atoms with Crippen LogP contribution in [-0.2, 0) is 27.2 Å². The van der Waals surface area contributed by atoms with Gasteiger partial charge in [-0.15, -0.1) is 0 Å². The van der Waals surface area contributed by atoms with Gasteiger partial charge in [-0.25, -0.2) is 23.4 Å². The largest absolute Gasteiger partial charge is 0.438 e. The number of carbonyl (C=O) groups is 2. The Bertz CT molecular complexity index is 1510. The van der Waals surface area contributed by atoms with Crippen LogP contribution in [0.1, 0.15) is 74.1 Å². The molecule has 3 aliphatic heterocycles. The first-order valence-electron chi connectivity index (χ1n) is 14.3. The van der Waals surface area contributed by atoms with Gasteiger partial charge in [-0.05, 0) is 44.4 Å². The number of nitrogens with one attached hydrogen (secondary N) is 2. The Labute approximate surface area is 243 Å². The quantitative estimate of drug-likeness (QED) is 0.400. The SMILES string of the molecule is COC(C)(C)c1cnc2n1C[C@H](c1cccc(F)c1F)CC[C@H]2NC(=O)N1CCC2(CC1)OC(=O)Nc1ccccc12. The molecule has 6 rings (SSSR count). The van der Waals surface area contributed by atoms with Crippen molar-refractivity contribution in [3.8, 4) is 0 Å². The second-order valence-electron chi connectivity index (χ2n) is 11.8. The molecule has 222 valence electrons. The van der Waals surface area contributed by atoms with Crippen LogP contribution < -0.4 is 10.6 Å². The Morgan fingerprint density at radius 1 is 1.14 bits per heavy atom. The Hall–Kier alpha value is -3.99. The second kappa shape index (κ2) is 10.7. The maximum Gasteiger partial charge on any atom is 0.412 e. The minimum atomic E-state index is -0.880. The van der Waals surface area contributed by atoms with E-state index in [-0.39, 0.29) is 11.9 Å². The third kappa shape index (κ3) is 4.89. The minimum Gasteiger partial charge on any atom is -0.438 e. The zero-order chi connectivity index (χ0) is 29.6. The normalized spacial score (nSPS) is 21.5. The summed E-state index contributed by atoms with van der Waals surface area (Å²) in [5.41, 5.74) is 1.27. The van der Waals surface area contributed by atoms with Gasteiger partial charge in [0.25, 0.3) is 0 Å². The molecule has 3 aliphatic rings. The van der Waals surface area contributed by atoms with Gasteiger partial charge in [0, 0.05) is 51.1 Å². The number of likely N-dealkylation sites (tertiary alicyclic amines) is 1. The molecule has 0 saturated carbocycles. The first kappa shape index (κ1) is 28.1. The van der Waals surface area contributed by atoms with Gasteiger partial charge in [-0.2, -0.15) is 0 Å². The molecule has 2 atom stereocenters. The van der Waals surface area contributed by atoms with Crippen LogP contribution >= 0.6 is 0 Å². The Balaban J connectivity index is 1.23. The third-order valence-electron chi connectivity index (χ3n) is 9.05. The van der Waals surface area contributed by atoms with Gasteiger partial charge in [0.1, 0.15) is 17.0 Å². The zero-order valence-corrected chi connectivity index (χ0v) is 24.0. The molecule has 0 aliphatic carbocycles. The lowest BCUT2D eigenvalue weighted by atomic mass is 9.82. The Morgan fingerprint density at radius 2 is 1.90 bits per heavy atom. The molecule has 0 unspecified atom stereocenters. The number of fused-ring (bicyclic) bond motifs is 3. The number of halogens is 2. The van der Waals surface area contributed by atoms with Crippen LogP contribution in [0.5, 0.6) is 0 Å². The molecule has 0 radical (unpaired) electrons. The number of ether oxygens (including phenoxy) is 2. The van der Waals surface area contributed by atoms with Crippen molar-refractivity contribution < 1.29 is 27.8 Å². The molecule has 1 saturated heterocycles. The Morgan fingerprint density at radius 3 is 2.67 bits per heavy atom. The van der Waals surface area contributed by atoms with Crippen molar-refractivity contribution >= 4 is 17.8 Å². The van der Waals surface area contributed by atoms with Crippen molar-refractivity contribution in [3.63, 3.8) is 0 Å². The van der Waals surface area contributed by atoms with E-state index >= 15 is 0 Å². The maximum absolute atomic E-state index is 14.9. The molecule has 9 nitrogen and oxygen atoms in total. The molecule has 4 heterocycles. The van der Waals surface area contributed by atoms with Gasteiger partial charge < -0.3 is 24.3 Å². The average Bonchev–Trinajstić information content (AvgIpc) is 3.32. The van der Waals surface area contributed by atoms with Crippen LogP contribution in [0.25, 0.3) is 0 Å². The molecular formula is C31H35F2N5O4. The van der Waals surface area contributed by atoms with Crippen LogP contribution in [-0.4, -0.2) is 46.8 Å².